The first-order valence-electron chi connectivity index (χ1n) is 12.1. The maximum Gasteiger partial charge on any atom is 0.324 e. The number of methoxy groups -OCH3 is 2. The van der Waals surface area contributed by atoms with Gasteiger partial charge in [-0.3, -0.25) is 19.2 Å². The molecule has 9 heteroatoms. The molecule has 3 aromatic rings. The third kappa shape index (κ3) is 3.92. The van der Waals surface area contributed by atoms with Gasteiger partial charge in [0.2, 0.25) is 5.91 Å². The predicted octanol–water partition coefficient (Wildman–Crippen LogP) is 4.87. The van der Waals surface area contributed by atoms with Gasteiger partial charge in [0.05, 0.1) is 25.3 Å². The van der Waals surface area contributed by atoms with Crippen LogP contribution in [0.3, 0.4) is 0 Å². The van der Waals surface area contributed by atoms with E-state index < -0.39 is 40.8 Å². The predicted molar refractivity (Wildman–Crippen MR) is 141 cm³/mol. The van der Waals surface area contributed by atoms with Gasteiger partial charge in [-0.05, 0) is 55.3 Å². The first kappa shape index (κ1) is 25.8. The summed E-state index contributed by atoms with van der Waals surface area (Å²) in [7, 11) is 2.42. The molecular weight excluding hydrogens is 508 g/mol. The number of nitrogens with one attached hydrogen (secondary N) is 1. The molecule has 2 aliphatic rings. The summed E-state index contributed by atoms with van der Waals surface area (Å²) in [6.45, 7) is 1.95. The van der Waals surface area contributed by atoms with E-state index >= 15 is 0 Å². The van der Waals surface area contributed by atoms with Gasteiger partial charge in [-0.1, -0.05) is 59.6 Å². The number of benzene rings is 3. The van der Waals surface area contributed by atoms with Crippen molar-refractivity contribution in [2.24, 2.45) is 10.8 Å². The zero-order valence-corrected chi connectivity index (χ0v) is 21.9. The summed E-state index contributed by atoms with van der Waals surface area (Å²) in [5, 5.41) is 4.94. The minimum absolute atomic E-state index is 0.0120. The van der Waals surface area contributed by atoms with Crippen molar-refractivity contribution in [3.8, 4) is 0 Å². The van der Waals surface area contributed by atoms with Gasteiger partial charge >= 0.3 is 11.9 Å². The Labute approximate surface area is 225 Å². The molecule has 0 radical (unpaired) electrons. The summed E-state index contributed by atoms with van der Waals surface area (Å²) in [5.74, 6) is -2.01. The normalized spacial score (nSPS) is 23.1. The van der Waals surface area contributed by atoms with Gasteiger partial charge in [-0.25, -0.2) is 5.06 Å². The van der Waals surface area contributed by atoms with Crippen LogP contribution in [0.2, 0.25) is 5.02 Å². The van der Waals surface area contributed by atoms with Crippen LogP contribution in [0, 0.1) is 17.8 Å². The van der Waals surface area contributed by atoms with Crippen LogP contribution in [-0.4, -0.2) is 38.1 Å². The van der Waals surface area contributed by atoms with Crippen molar-refractivity contribution in [3.05, 3.63) is 95.0 Å². The number of anilines is 2. The molecule has 1 amide bonds. The van der Waals surface area contributed by atoms with E-state index in [0.29, 0.717) is 22.0 Å². The van der Waals surface area contributed by atoms with Gasteiger partial charge in [0, 0.05) is 10.7 Å². The highest BCUT2D eigenvalue weighted by atomic mass is 35.5. The van der Waals surface area contributed by atoms with Gasteiger partial charge in [0.15, 0.2) is 5.41 Å². The molecular formula is C29H27ClN2O6. The maximum atomic E-state index is 14.1. The first-order valence-corrected chi connectivity index (χ1v) is 12.5. The molecule has 1 saturated heterocycles. The van der Waals surface area contributed by atoms with Crippen LogP contribution in [0.15, 0.2) is 78.9 Å². The minimum atomic E-state index is -1.76. The molecule has 38 heavy (non-hydrogen) atoms. The Bertz CT molecular complexity index is 1350. The van der Waals surface area contributed by atoms with Crippen molar-refractivity contribution in [3.63, 3.8) is 0 Å². The number of carbonyl (C=O) groups excluding carboxylic acids is 3. The number of carbonyl (C=O) groups is 3. The monoisotopic (exact) mass is 534 g/mol. The van der Waals surface area contributed by atoms with Crippen LogP contribution < -0.4 is 10.4 Å². The molecule has 196 valence electrons. The van der Waals surface area contributed by atoms with Gasteiger partial charge in [-0.15, -0.1) is 0 Å². The Balaban J connectivity index is 1.71. The molecule has 8 nitrogen and oxygen atoms in total. The molecule has 0 bridgehead atoms. The second-order valence-corrected chi connectivity index (χ2v) is 10.00. The van der Waals surface area contributed by atoms with Crippen LogP contribution in [0.1, 0.15) is 23.7 Å². The molecule has 1 aliphatic carbocycles. The van der Waals surface area contributed by atoms with Gasteiger partial charge < -0.3 is 14.8 Å². The number of hydrogen-bond donors (Lipinski definition) is 1. The second-order valence-electron chi connectivity index (χ2n) is 9.56. The largest absolute Gasteiger partial charge is 0.468 e. The van der Waals surface area contributed by atoms with Crippen molar-refractivity contribution in [2.75, 3.05) is 24.6 Å². The van der Waals surface area contributed by atoms with E-state index in [4.69, 9.17) is 25.9 Å². The fourth-order valence-corrected chi connectivity index (χ4v) is 5.71. The van der Waals surface area contributed by atoms with Crippen LogP contribution in [0.4, 0.5) is 11.4 Å². The summed E-state index contributed by atoms with van der Waals surface area (Å²) >= 11 is 6.15. The highest BCUT2D eigenvalue weighted by molar-refractivity contribution is 6.30. The van der Waals surface area contributed by atoms with Crippen molar-refractivity contribution in [1.29, 1.82) is 0 Å². The second kappa shape index (κ2) is 9.78. The molecule has 1 aliphatic heterocycles. The molecule has 1 saturated carbocycles. The fraction of sp³-hybridized carbons (Fsp3) is 0.276. The van der Waals surface area contributed by atoms with Crippen molar-refractivity contribution in [1.82, 2.24) is 0 Å². The molecule has 3 aromatic carbocycles. The van der Waals surface area contributed by atoms with Crippen LogP contribution in [0.5, 0.6) is 0 Å². The number of rotatable bonds is 6. The number of nitrogens with zero attached hydrogens (tertiary/aromatic N) is 1. The third-order valence-corrected chi connectivity index (χ3v) is 7.71. The molecule has 2 fully saturated rings. The van der Waals surface area contributed by atoms with Gasteiger partial charge in [0.1, 0.15) is 12.1 Å². The molecule has 1 heterocycles. The lowest BCUT2D eigenvalue weighted by Crippen LogP contribution is -2.48. The van der Waals surface area contributed by atoms with Crippen molar-refractivity contribution < 1.29 is 28.7 Å². The molecule has 1 N–H and O–H groups in total. The summed E-state index contributed by atoms with van der Waals surface area (Å²) in [5.41, 5.74) is -0.281. The highest BCUT2D eigenvalue weighted by Gasteiger charge is 2.88. The number of amides is 1. The number of para-hydroxylation sites is 1. The topological polar surface area (TPSA) is 94.2 Å². The van der Waals surface area contributed by atoms with E-state index in [1.165, 1.54) is 19.3 Å². The highest BCUT2D eigenvalue weighted by Crippen LogP contribution is 2.77. The van der Waals surface area contributed by atoms with E-state index in [-0.39, 0.29) is 6.42 Å². The number of aryl methyl sites for hydroxylation is 1. The van der Waals surface area contributed by atoms with Crippen molar-refractivity contribution >= 4 is 40.8 Å². The lowest BCUT2D eigenvalue weighted by Gasteiger charge is -2.28. The Morgan fingerprint density at radius 1 is 0.921 bits per heavy atom. The van der Waals surface area contributed by atoms with Gasteiger partial charge in [-0.2, -0.15) is 0 Å². The Morgan fingerprint density at radius 2 is 1.53 bits per heavy atom. The summed E-state index contributed by atoms with van der Waals surface area (Å²) in [6, 6.07) is 22.2. The van der Waals surface area contributed by atoms with E-state index in [1.807, 2.05) is 37.3 Å². The number of ether oxygens (including phenoxy) is 2. The quantitative estimate of drug-likeness (QED) is 0.356. The maximum absolute atomic E-state index is 14.1. The molecule has 0 unspecified atom stereocenters. The fourth-order valence-electron chi connectivity index (χ4n) is 5.59. The minimum Gasteiger partial charge on any atom is -0.468 e. The molecule has 5 rings (SSSR count). The van der Waals surface area contributed by atoms with Gasteiger partial charge in [0.25, 0.3) is 0 Å². The molecule has 1 spiro atoms. The van der Waals surface area contributed by atoms with Crippen molar-refractivity contribution in [2.45, 2.75) is 25.5 Å². The standard InChI is InChI=1S/C29H27ClN2O6/c1-18-9-15-22(16-10-18)32-23(25(33)31-21-7-5-4-6-8-21)28(17-29(28,26(34)36-2)27(35)37-3)24(38-32)19-11-13-20(30)14-12-19/h4-16,23-24H,17H2,1-3H3,(H,31,33)/t23-,24+,28-/m1/s1. The smallest absolute Gasteiger partial charge is 0.324 e. The molecule has 0 aromatic heterocycles. The average Bonchev–Trinajstić information content (AvgIpc) is 3.50. The Hall–Kier alpha value is -3.88. The Morgan fingerprint density at radius 3 is 2.11 bits per heavy atom. The van der Waals surface area contributed by atoms with E-state index in [0.717, 1.165) is 5.56 Å². The lowest BCUT2D eigenvalue weighted by atomic mass is 9.78. The molecule has 3 atom stereocenters. The zero-order chi connectivity index (χ0) is 27.1. The van der Waals surface area contributed by atoms with Crippen LogP contribution in [-0.2, 0) is 28.7 Å². The van der Waals surface area contributed by atoms with Crippen LogP contribution >= 0.6 is 11.6 Å². The third-order valence-electron chi connectivity index (χ3n) is 7.46. The number of hydrogen-bond acceptors (Lipinski definition) is 7. The number of halogens is 1. The lowest BCUT2D eigenvalue weighted by molar-refractivity contribution is -0.164. The van der Waals surface area contributed by atoms with E-state index in [2.05, 4.69) is 5.32 Å². The average molecular weight is 535 g/mol. The SMILES string of the molecule is COC(=O)C1(C(=O)OC)C[C@@]12[C@H](c1ccc(Cl)cc1)ON(c1ccc(C)cc1)[C@@H]2C(=O)Nc1ccccc1. The number of esters is 2. The van der Waals surface area contributed by atoms with E-state index in [1.54, 1.807) is 48.5 Å². The number of hydroxylamine groups is 1. The Kier molecular flexibility index (Phi) is 6.63. The summed E-state index contributed by atoms with van der Waals surface area (Å²) in [4.78, 5) is 47.3. The van der Waals surface area contributed by atoms with Crippen LogP contribution in [0.25, 0.3) is 0 Å². The summed E-state index contributed by atoms with van der Waals surface area (Å²) in [6.07, 6.45) is -0.882. The first-order chi connectivity index (χ1) is 18.3. The zero-order valence-electron chi connectivity index (χ0n) is 21.1. The summed E-state index contributed by atoms with van der Waals surface area (Å²) < 4.78 is 10.3. The van der Waals surface area contributed by atoms with E-state index in [9.17, 15) is 14.4 Å².